The minimum absolute atomic E-state index is 0.146. The van der Waals surface area contributed by atoms with Crippen molar-refractivity contribution in [3.8, 4) is 17.6 Å². The average Bonchev–Trinajstić information content (AvgIpc) is 2.59. The van der Waals surface area contributed by atoms with Crippen molar-refractivity contribution < 1.29 is 14.4 Å². The lowest BCUT2D eigenvalue weighted by molar-refractivity contribution is -0.400. The van der Waals surface area contributed by atoms with Crippen molar-refractivity contribution in [2.75, 3.05) is 6.61 Å². The second kappa shape index (κ2) is 8.71. The normalized spacial score (nSPS) is 10.4. The fourth-order valence-electron chi connectivity index (χ4n) is 2.14. The highest BCUT2D eigenvalue weighted by Gasteiger charge is 2.13. The number of hydrogen-bond acceptors (Lipinski definition) is 5. The molecule has 0 aromatic heterocycles. The molecule has 25 heavy (non-hydrogen) atoms. The third-order valence-corrected chi connectivity index (χ3v) is 3.51. The molecule has 6 nitrogen and oxygen atoms in total. The predicted molar refractivity (Wildman–Crippen MR) is 94.1 cm³/mol. The lowest BCUT2D eigenvalue weighted by Gasteiger charge is -2.15. The SMILES string of the molecule is CCOc1cc(C=C[N+](=O)[O-])cc(Cl)c1OCc1ccccc1C#N. The van der Waals surface area contributed by atoms with Crippen LogP contribution in [0.5, 0.6) is 11.5 Å². The molecular weight excluding hydrogens is 344 g/mol. The van der Waals surface area contributed by atoms with Crippen molar-refractivity contribution in [1.29, 1.82) is 5.26 Å². The highest BCUT2D eigenvalue weighted by atomic mass is 35.5. The second-order valence-electron chi connectivity index (χ2n) is 4.92. The standard InChI is InChI=1S/C18H15ClN2O4/c1-2-24-17-10-13(7-8-21(22)23)9-16(19)18(17)25-12-15-6-4-3-5-14(15)11-20/h3-10H,2,12H2,1H3. The molecule has 2 aromatic rings. The quantitative estimate of drug-likeness (QED) is 0.539. The fourth-order valence-corrected chi connectivity index (χ4v) is 2.41. The van der Waals surface area contributed by atoms with E-state index in [1.54, 1.807) is 30.3 Å². The van der Waals surface area contributed by atoms with Gasteiger partial charge in [0.05, 0.1) is 28.2 Å². The molecule has 0 radical (unpaired) electrons. The van der Waals surface area contributed by atoms with Gasteiger partial charge in [0.2, 0.25) is 6.20 Å². The van der Waals surface area contributed by atoms with E-state index in [4.69, 9.17) is 26.3 Å². The van der Waals surface area contributed by atoms with E-state index in [0.29, 0.717) is 29.2 Å². The van der Waals surface area contributed by atoms with Gasteiger partial charge < -0.3 is 9.47 Å². The maximum atomic E-state index is 10.5. The highest BCUT2D eigenvalue weighted by molar-refractivity contribution is 6.32. The Morgan fingerprint density at radius 2 is 2.08 bits per heavy atom. The van der Waals surface area contributed by atoms with E-state index in [-0.39, 0.29) is 11.6 Å². The monoisotopic (exact) mass is 358 g/mol. The van der Waals surface area contributed by atoms with Crippen LogP contribution in [0.1, 0.15) is 23.6 Å². The maximum absolute atomic E-state index is 10.5. The molecule has 2 aromatic carbocycles. The molecule has 7 heteroatoms. The highest BCUT2D eigenvalue weighted by Crippen LogP contribution is 2.37. The summed E-state index contributed by atoms with van der Waals surface area (Å²) >= 11 is 6.25. The number of nitro groups is 1. The van der Waals surface area contributed by atoms with E-state index in [9.17, 15) is 10.1 Å². The van der Waals surface area contributed by atoms with Gasteiger partial charge in [-0.3, -0.25) is 10.1 Å². The van der Waals surface area contributed by atoms with Crippen LogP contribution in [0.3, 0.4) is 0 Å². The lowest BCUT2D eigenvalue weighted by atomic mass is 10.1. The second-order valence-corrected chi connectivity index (χ2v) is 5.33. The van der Waals surface area contributed by atoms with E-state index >= 15 is 0 Å². The molecule has 0 unspecified atom stereocenters. The van der Waals surface area contributed by atoms with Crippen molar-refractivity contribution in [3.05, 3.63) is 74.4 Å². The summed E-state index contributed by atoms with van der Waals surface area (Å²) in [4.78, 5) is 9.90. The van der Waals surface area contributed by atoms with E-state index in [1.807, 2.05) is 13.0 Å². The van der Waals surface area contributed by atoms with Gasteiger partial charge in [-0.1, -0.05) is 29.8 Å². The number of halogens is 1. The van der Waals surface area contributed by atoms with Crippen LogP contribution in [-0.4, -0.2) is 11.5 Å². The molecule has 0 saturated heterocycles. The first kappa shape index (κ1) is 18.3. The number of hydrogen-bond donors (Lipinski definition) is 0. The first-order chi connectivity index (χ1) is 12.0. The van der Waals surface area contributed by atoms with Crippen LogP contribution in [-0.2, 0) is 6.61 Å². The summed E-state index contributed by atoms with van der Waals surface area (Å²) in [6, 6.07) is 12.4. The minimum atomic E-state index is -0.558. The molecule has 0 fully saturated rings. The molecule has 0 aliphatic heterocycles. The van der Waals surface area contributed by atoms with Crippen molar-refractivity contribution in [3.63, 3.8) is 0 Å². The topological polar surface area (TPSA) is 85.4 Å². The Morgan fingerprint density at radius 1 is 1.32 bits per heavy atom. The molecule has 0 atom stereocenters. The number of rotatable bonds is 7. The summed E-state index contributed by atoms with van der Waals surface area (Å²) < 4.78 is 11.3. The number of benzene rings is 2. The number of ether oxygens (including phenoxy) is 2. The van der Waals surface area contributed by atoms with Crippen molar-refractivity contribution in [1.82, 2.24) is 0 Å². The Kier molecular flexibility index (Phi) is 6.38. The van der Waals surface area contributed by atoms with Gasteiger partial charge in [-0.15, -0.1) is 0 Å². The van der Waals surface area contributed by atoms with Gasteiger partial charge in [0, 0.05) is 11.6 Å². The summed E-state index contributed by atoms with van der Waals surface area (Å²) in [6.45, 7) is 2.33. The van der Waals surface area contributed by atoms with Gasteiger partial charge in [-0.05, 0) is 30.7 Å². The summed E-state index contributed by atoms with van der Waals surface area (Å²) in [5, 5.41) is 19.9. The van der Waals surface area contributed by atoms with Crippen LogP contribution >= 0.6 is 11.6 Å². The zero-order chi connectivity index (χ0) is 18.2. The molecule has 0 saturated carbocycles. The summed E-state index contributed by atoms with van der Waals surface area (Å²) in [7, 11) is 0. The van der Waals surface area contributed by atoms with Crippen molar-refractivity contribution in [2.45, 2.75) is 13.5 Å². The van der Waals surface area contributed by atoms with E-state index in [2.05, 4.69) is 6.07 Å². The Hall–Kier alpha value is -3.04. The van der Waals surface area contributed by atoms with Crippen LogP contribution in [0, 0.1) is 21.4 Å². The Balaban J connectivity index is 2.30. The van der Waals surface area contributed by atoms with Gasteiger partial charge in [0.25, 0.3) is 0 Å². The van der Waals surface area contributed by atoms with Gasteiger partial charge in [-0.25, -0.2) is 0 Å². The maximum Gasteiger partial charge on any atom is 0.235 e. The minimum Gasteiger partial charge on any atom is -0.490 e. The predicted octanol–water partition coefficient (Wildman–Crippen LogP) is 4.44. The van der Waals surface area contributed by atoms with Crippen LogP contribution in [0.15, 0.2) is 42.6 Å². The van der Waals surface area contributed by atoms with Gasteiger partial charge in [-0.2, -0.15) is 5.26 Å². The zero-order valence-electron chi connectivity index (χ0n) is 13.4. The lowest BCUT2D eigenvalue weighted by Crippen LogP contribution is -2.02. The zero-order valence-corrected chi connectivity index (χ0v) is 14.2. The first-order valence-electron chi connectivity index (χ1n) is 7.44. The van der Waals surface area contributed by atoms with E-state index in [1.165, 1.54) is 6.08 Å². The number of nitrogens with zero attached hydrogens (tertiary/aromatic N) is 2. The van der Waals surface area contributed by atoms with E-state index < -0.39 is 4.92 Å². The summed E-state index contributed by atoms with van der Waals surface area (Å²) in [5.74, 6) is 0.710. The van der Waals surface area contributed by atoms with Crippen molar-refractivity contribution >= 4 is 17.7 Å². The molecule has 2 rings (SSSR count). The molecule has 0 aliphatic rings. The van der Waals surface area contributed by atoms with Crippen LogP contribution < -0.4 is 9.47 Å². The fraction of sp³-hybridized carbons (Fsp3) is 0.167. The largest absolute Gasteiger partial charge is 0.490 e. The smallest absolute Gasteiger partial charge is 0.235 e. The molecule has 0 aliphatic carbocycles. The molecule has 0 spiro atoms. The summed E-state index contributed by atoms with van der Waals surface area (Å²) in [5.41, 5.74) is 1.76. The van der Waals surface area contributed by atoms with Crippen LogP contribution in [0.4, 0.5) is 0 Å². The van der Waals surface area contributed by atoms with Gasteiger partial charge >= 0.3 is 0 Å². The Labute approximate surface area is 150 Å². The van der Waals surface area contributed by atoms with E-state index in [0.717, 1.165) is 11.8 Å². The Bertz CT molecular complexity index is 843. The third-order valence-electron chi connectivity index (χ3n) is 3.23. The third kappa shape index (κ3) is 4.96. The molecule has 0 N–H and O–H groups in total. The van der Waals surface area contributed by atoms with Crippen LogP contribution in [0.2, 0.25) is 5.02 Å². The molecule has 128 valence electrons. The first-order valence-corrected chi connectivity index (χ1v) is 7.81. The molecular formula is C18H15ClN2O4. The molecule has 0 heterocycles. The summed E-state index contributed by atoms with van der Waals surface area (Å²) in [6.07, 6.45) is 2.15. The molecule has 0 amide bonds. The number of nitriles is 1. The average molecular weight is 359 g/mol. The van der Waals surface area contributed by atoms with Crippen molar-refractivity contribution in [2.24, 2.45) is 0 Å². The van der Waals surface area contributed by atoms with Crippen LogP contribution in [0.25, 0.3) is 6.08 Å². The van der Waals surface area contributed by atoms with Gasteiger partial charge in [0.15, 0.2) is 11.5 Å². The molecule has 0 bridgehead atoms. The van der Waals surface area contributed by atoms with Gasteiger partial charge in [0.1, 0.15) is 6.61 Å². The Morgan fingerprint density at radius 3 is 2.76 bits per heavy atom.